The van der Waals surface area contributed by atoms with E-state index in [2.05, 4.69) is 47.2 Å². The van der Waals surface area contributed by atoms with E-state index in [1.165, 1.54) is 16.7 Å². The minimum absolute atomic E-state index is 0.00515. The number of carboxylic acids is 1. The number of carboxylic acid groups (broad SMARTS) is 1. The number of nitrogens with zero attached hydrogens (tertiary/aromatic N) is 2. The zero-order valence-corrected chi connectivity index (χ0v) is 50.3. The lowest BCUT2D eigenvalue weighted by atomic mass is 9.98. The summed E-state index contributed by atoms with van der Waals surface area (Å²) in [5, 5.41) is 30.2. The Kier molecular flexibility index (Phi) is 29.0. The number of carbonyl (C=O) groups is 9. The second-order valence-electron chi connectivity index (χ2n) is 23.5. The van der Waals surface area contributed by atoms with E-state index in [0.717, 1.165) is 16.5 Å². The fourth-order valence-corrected chi connectivity index (χ4v) is 10.3. The third kappa shape index (κ3) is 23.5. The van der Waals surface area contributed by atoms with Crippen LogP contribution in [-0.4, -0.2) is 154 Å². The Balaban J connectivity index is 1.91. The van der Waals surface area contributed by atoms with Gasteiger partial charge in [-0.2, -0.15) is 11.8 Å². The van der Waals surface area contributed by atoms with Gasteiger partial charge in [-0.05, 0) is 117 Å². The van der Waals surface area contributed by atoms with Crippen molar-refractivity contribution < 1.29 is 48.3 Å². The van der Waals surface area contributed by atoms with Crippen molar-refractivity contribution in [2.75, 3.05) is 25.1 Å². The van der Waals surface area contributed by atoms with E-state index >= 15 is 0 Å². The van der Waals surface area contributed by atoms with Crippen molar-refractivity contribution in [1.29, 1.82) is 0 Å². The second kappa shape index (κ2) is 34.1. The van der Waals surface area contributed by atoms with Crippen LogP contribution in [0.3, 0.4) is 0 Å². The number of aliphatic carboxylic acids is 1. The lowest BCUT2D eigenvalue weighted by molar-refractivity contribution is -0.144. The first-order chi connectivity index (χ1) is 38.1. The summed E-state index contributed by atoms with van der Waals surface area (Å²) >= 11 is 1.44. The van der Waals surface area contributed by atoms with Crippen LogP contribution in [0, 0.1) is 29.6 Å². The monoisotopic (exact) mass is 1150 g/mol. The number of para-hydroxylation sites is 1. The number of fused-ring (bicyclic) bond motifs is 1. The van der Waals surface area contributed by atoms with Crippen molar-refractivity contribution in [3.05, 3.63) is 36.0 Å². The standard InChI is InChI=1S/C57H95N13O10S/c1-31(2)24-38(58)48(71)65-44(29-36-30-62-39-17-13-12-16-37(36)39)53(76)64-41(20-23-81-11)50(73)63-40(18-14-21-61-57(59)60)49(72)66-42(25-32(3)4)51(74)68-45(27-34(7)8)55(78)70-22-15-19-47(70)54(77)67-43(26-33(5)6)52(75)69-46(56(79)80)28-35(9)10/h12-13,16-17,30-35,38,40-47,62H,14-15,18-29,58H2,1-11H3,(H,63,73)(H,64,76)(H,65,71)(H,66,72)(H,67,77)(H,68,74)(H,69,75)(H,79,80)(H4,59,60,61)/t38-,40-,41-,42-,43-,44-,45-,46-,47-/m0/s1. The number of hydrogen-bond acceptors (Lipinski definition) is 12. The van der Waals surface area contributed by atoms with Crippen LogP contribution in [0.5, 0.6) is 0 Å². The number of aliphatic imine (C=N–C) groups is 1. The van der Waals surface area contributed by atoms with Gasteiger partial charge in [-0.25, -0.2) is 4.79 Å². The Morgan fingerprint density at radius 3 is 1.65 bits per heavy atom. The molecule has 0 aliphatic carbocycles. The molecule has 3 rings (SSSR count). The minimum Gasteiger partial charge on any atom is -0.480 e. The van der Waals surface area contributed by atoms with Gasteiger partial charge in [-0.3, -0.25) is 43.3 Å². The quantitative estimate of drug-likeness (QED) is 0.0268. The maximum atomic E-state index is 14.6. The number of carbonyl (C=O) groups excluding carboxylic acids is 8. The predicted molar refractivity (Wildman–Crippen MR) is 316 cm³/mol. The third-order valence-corrected chi connectivity index (χ3v) is 14.4. The van der Waals surface area contributed by atoms with Crippen LogP contribution in [0.2, 0.25) is 0 Å². The Labute approximate surface area is 482 Å². The van der Waals surface area contributed by atoms with Crippen LogP contribution in [0.1, 0.15) is 139 Å². The summed E-state index contributed by atoms with van der Waals surface area (Å²) in [5.74, 6) is -6.23. The summed E-state index contributed by atoms with van der Waals surface area (Å²) in [6.07, 6.45) is 5.84. The van der Waals surface area contributed by atoms with E-state index in [-0.39, 0.29) is 106 Å². The number of nitrogens with two attached hydrogens (primary N) is 3. The zero-order valence-electron chi connectivity index (χ0n) is 49.5. The summed E-state index contributed by atoms with van der Waals surface area (Å²) in [4.78, 5) is 134. The number of guanidine groups is 1. The Morgan fingerprint density at radius 1 is 0.630 bits per heavy atom. The molecule has 1 aromatic carbocycles. The molecule has 81 heavy (non-hydrogen) atoms. The van der Waals surface area contributed by atoms with Gasteiger partial charge in [0.05, 0.1) is 6.04 Å². The van der Waals surface area contributed by atoms with Crippen molar-refractivity contribution in [3.8, 4) is 0 Å². The predicted octanol–water partition coefficient (Wildman–Crippen LogP) is 2.54. The van der Waals surface area contributed by atoms with Gasteiger partial charge in [0.2, 0.25) is 47.3 Å². The van der Waals surface area contributed by atoms with E-state index in [1.807, 2.05) is 99.8 Å². The smallest absolute Gasteiger partial charge is 0.326 e. The summed E-state index contributed by atoms with van der Waals surface area (Å²) in [7, 11) is 0. The Morgan fingerprint density at radius 2 is 1.10 bits per heavy atom. The van der Waals surface area contributed by atoms with Crippen molar-refractivity contribution >= 4 is 81.9 Å². The molecule has 15 N–H and O–H groups in total. The Bertz CT molecular complexity index is 2440. The van der Waals surface area contributed by atoms with Crippen LogP contribution in [0.25, 0.3) is 10.9 Å². The molecule has 2 aromatic rings. The second-order valence-corrected chi connectivity index (χ2v) is 24.5. The molecule has 1 aromatic heterocycles. The third-order valence-electron chi connectivity index (χ3n) is 13.8. The highest BCUT2D eigenvalue weighted by atomic mass is 32.2. The molecular formula is C57H95N13O10S. The molecule has 9 atom stereocenters. The van der Waals surface area contributed by atoms with Crippen LogP contribution >= 0.6 is 11.8 Å². The van der Waals surface area contributed by atoms with Gasteiger partial charge in [-0.1, -0.05) is 87.4 Å². The van der Waals surface area contributed by atoms with E-state index in [1.54, 1.807) is 6.20 Å². The molecule has 0 bridgehead atoms. The van der Waals surface area contributed by atoms with Gasteiger partial charge in [0.15, 0.2) is 5.96 Å². The van der Waals surface area contributed by atoms with Crippen molar-refractivity contribution in [2.45, 2.75) is 194 Å². The van der Waals surface area contributed by atoms with Crippen LogP contribution in [0.4, 0.5) is 0 Å². The van der Waals surface area contributed by atoms with Crippen LogP contribution in [-0.2, 0) is 49.6 Å². The van der Waals surface area contributed by atoms with E-state index < -0.39 is 108 Å². The van der Waals surface area contributed by atoms with Gasteiger partial charge in [-0.15, -0.1) is 0 Å². The summed E-state index contributed by atoms with van der Waals surface area (Å²) in [6, 6.07) is -2.57. The fourth-order valence-electron chi connectivity index (χ4n) is 9.82. The summed E-state index contributed by atoms with van der Waals surface area (Å²) < 4.78 is 0. The highest BCUT2D eigenvalue weighted by Gasteiger charge is 2.41. The van der Waals surface area contributed by atoms with Gasteiger partial charge in [0.1, 0.15) is 48.3 Å². The topological polar surface area (TPSA) is 368 Å². The molecule has 0 radical (unpaired) electrons. The number of likely N-dealkylation sites (tertiary alicyclic amines) is 1. The van der Waals surface area contributed by atoms with Gasteiger partial charge >= 0.3 is 5.97 Å². The molecule has 1 aliphatic heterocycles. The fraction of sp³-hybridized carbons (Fsp3) is 0.684. The molecule has 24 heteroatoms. The molecule has 23 nitrogen and oxygen atoms in total. The molecule has 0 saturated carbocycles. The number of aromatic nitrogens is 1. The molecule has 1 fully saturated rings. The van der Waals surface area contributed by atoms with Crippen molar-refractivity contribution in [2.24, 2.45) is 51.8 Å². The first-order valence-corrected chi connectivity index (χ1v) is 30.0. The van der Waals surface area contributed by atoms with Crippen molar-refractivity contribution in [1.82, 2.24) is 47.1 Å². The van der Waals surface area contributed by atoms with Gasteiger partial charge < -0.3 is 69.4 Å². The average molecular weight is 1150 g/mol. The number of nitrogens with one attached hydrogen (secondary N) is 8. The average Bonchev–Trinajstić information content (AvgIpc) is 4.15. The van der Waals surface area contributed by atoms with Gasteiger partial charge in [0.25, 0.3) is 0 Å². The molecule has 1 saturated heterocycles. The maximum absolute atomic E-state index is 14.6. The number of thioether (sulfide) groups is 1. The highest BCUT2D eigenvalue weighted by molar-refractivity contribution is 7.98. The molecule has 0 spiro atoms. The molecule has 2 heterocycles. The summed E-state index contributed by atoms with van der Waals surface area (Å²) in [5.41, 5.74) is 19.1. The summed E-state index contributed by atoms with van der Waals surface area (Å²) in [6.45, 7) is 19.0. The minimum atomic E-state index is -1.28. The van der Waals surface area contributed by atoms with Crippen molar-refractivity contribution in [3.63, 3.8) is 0 Å². The van der Waals surface area contributed by atoms with E-state index in [4.69, 9.17) is 17.2 Å². The number of amides is 8. The zero-order chi connectivity index (χ0) is 60.7. The van der Waals surface area contributed by atoms with Crippen LogP contribution in [0.15, 0.2) is 35.5 Å². The Hall–Kier alpha value is -6.43. The maximum Gasteiger partial charge on any atom is 0.326 e. The first-order valence-electron chi connectivity index (χ1n) is 28.6. The number of H-pyrrole nitrogens is 1. The molecule has 8 amide bonds. The SMILES string of the molecule is CSCC[C@H](NC(=O)[C@H](Cc1c[nH]c2ccccc12)NC(=O)[C@@H](N)CC(C)C)C(=O)N[C@@H](CCCN=C(N)N)C(=O)N[C@@H](CC(C)C)C(=O)N[C@@H](CC(C)C)C(=O)N1CCC[C@H]1C(=O)N[C@@H](CC(C)C)C(=O)N[C@@H](CC(C)C)C(=O)O. The first kappa shape index (κ1) is 68.8. The normalized spacial score (nSPS) is 16.5. The number of rotatable bonds is 35. The number of benzene rings is 1. The molecule has 1 aliphatic rings. The highest BCUT2D eigenvalue weighted by Crippen LogP contribution is 2.23. The van der Waals surface area contributed by atoms with E-state index in [9.17, 15) is 48.3 Å². The molecule has 454 valence electrons. The van der Waals surface area contributed by atoms with Gasteiger partial charge in [0, 0.05) is 36.6 Å². The molecule has 0 unspecified atom stereocenters. The largest absolute Gasteiger partial charge is 0.480 e. The lowest BCUT2D eigenvalue weighted by Crippen LogP contribution is -2.60. The molecular weight excluding hydrogens is 1060 g/mol. The lowest BCUT2D eigenvalue weighted by Gasteiger charge is -2.32. The van der Waals surface area contributed by atoms with Crippen LogP contribution < -0.4 is 54.4 Å². The number of aromatic amines is 1. The number of hydrogen-bond donors (Lipinski definition) is 12. The van der Waals surface area contributed by atoms with E-state index in [0.29, 0.717) is 18.6 Å².